The predicted octanol–water partition coefficient (Wildman–Crippen LogP) is 2.02. The monoisotopic (exact) mass is 289 g/mol. The van der Waals surface area contributed by atoms with Gasteiger partial charge in [-0.1, -0.05) is 0 Å². The fourth-order valence-corrected chi connectivity index (χ4v) is 2.82. The minimum absolute atomic E-state index is 0.471. The van der Waals surface area contributed by atoms with E-state index >= 15 is 0 Å². The highest BCUT2D eigenvalue weighted by Gasteiger charge is 2.13. The van der Waals surface area contributed by atoms with Crippen molar-refractivity contribution in [2.24, 2.45) is 7.05 Å². The molecule has 0 saturated carbocycles. The molecule has 5 heteroatoms. The molecule has 2 rings (SSSR count). The maximum atomic E-state index is 4.50. The van der Waals surface area contributed by atoms with E-state index in [4.69, 9.17) is 0 Å². The highest BCUT2D eigenvalue weighted by atomic mass is 15.3. The SMILES string of the molecule is CCn1cc(CC(CCc2c(C)nn(C)c2C)NC)cn1. The zero-order valence-electron chi connectivity index (χ0n) is 13.8. The fraction of sp³-hybridized carbons (Fsp3) is 0.625. The molecule has 5 nitrogen and oxygen atoms in total. The molecule has 0 bridgehead atoms. The van der Waals surface area contributed by atoms with Crippen molar-refractivity contribution in [1.82, 2.24) is 24.9 Å². The highest BCUT2D eigenvalue weighted by molar-refractivity contribution is 5.24. The van der Waals surface area contributed by atoms with Gasteiger partial charge in [-0.15, -0.1) is 0 Å². The molecule has 116 valence electrons. The van der Waals surface area contributed by atoms with Crippen molar-refractivity contribution in [2.75, 3.05) is 7.05 Å². The standard InChI is InChI=1S/C16H27N5/c1-6-21-11-14(10-18-21)9-15(17-4)7-8-16-12(2)19-20(5)13(16)3/h10-11,15,17H,6-9H2,1-5H3. The third-order valence-corrected chi connectivity index (χ3v) is 4.30. The van der Waals surface area contributed by atoms with Gasteiger partial charge in [-0.05, 0) is 58.2 Å². The average molecular weight is 289 g/mol. The molecule has 2 heterocycles. The second kappa shape index (κ2) is 6.89. The summed E-state index contributed by atoms with van der Waals surface area (Å²) in [5, 5.41) is 12.3. The predicted molar refractivity (Wildman–Crippen MR) is 85.5 cm³/mol. The van der Waals surface area contributed by atoms with Gasteiger partial charge >= 0.3 is 0 Å². The maximum absolute atomic E-state index is 4.50. The molecule has 0 aliphatic rings. The normalized spacial score (nSPS) is 12.8. The van der Waals surface area contributed by atoms with E-state index < -0.39 is 0 Å². The number of hydrogen-bond donors (Lipinski definition) is 1. The van der Waals surface area contributed by atoms with Crippen LogP contribution >= 0.6 is 0 Å². The van der Waals surface area contributed by atoms with Gasteiger partial charge in [0.15, 0.2) is 0 Å². The molecule has 0 amide bonds. The van der Waals surface area contributed by atoms with Crippen LogP contribution in [0.25, 0.3) is 0 Å². The lowest BCUT2D eigenvalue weighted by molar-refractivity contribution is 0.518. The summed E-state index contributed by atoms with van der Waals surface area (Å²) in [5.41, 5.74) is 5.13. The number of aromatic nitrogens is 4. The first-order chi connectivity index (χ1) is 10.0. The van der Waals surface area contributed by atoms with Crippen LogP contribution in [-0.4, -0.2) is 32.7 Å². The smallest absolute Gasteiger partial charge is 0.0628 e. The molecular formula is C16H27N5. The van der Waals surface area contributed by atoms with Gasteiger partial charge in [0.2, 0.25) is 0 Å². The van der Waals surface area contributed by atoms with Crippen molar-refractivity contribution in [3.8, 4) is 0 Å². The fourth-order valence-electron chi connectivity index (χ4n) is 2.82. The Balaban J connectivity index is 1.96. The summed E-state index contributed by atoms with van der Waals surface area (Å²) in [6.45, 7) is 7.29. The number of rotatable bonds is 7. The first-order valence-electron chi connectivity index (χ1n) is 7.72. The third kappa shape index (κ3) is 3.73. The van der Waals surface area contributed by atoms with Crippen molar-refractivity contribution in [3.63, 3.8) is 0 Å². The molecule has 0 aromatic carbocycles. The van der Waals surface area contributed by atoms with Crippen LogP contribution in [0.3, 0.4) is 0 Å². The first-order valence-corrected chi connectivity index (χ1v) is 7.72. The summed E-state index contributed by atoms with van der Waals surface area (Å²) < 4.78 is 3.96. The number of likely N-dealkylation sites (N-methyl/N-ethyl adjacent to an activating group) is 1. The van der Waals surface area contributed by atoms with Gasteiger partial charge in [0.05, 0.1) is 11.9 Å². The second-order valence-corrected chi connectivity index (χ2v) is 5.71. The number of nitrogens with one attached hydrogen (secondary N) is 1. The summed E-state index contributed by atoms with van der Waals surface area (Å²) in [6.07, 6.45) is 7.33. The Bertz CT molecular complexity index is 582. The average Bonchev–Trinajstić information content (AvgIpc) is 3.01. The zero-order valence-corrected chi connectivity index (χ0v) is 13.8. The van der Waals surface area contributed by atoms with Crippen LogP contribution in [0, 0.1) is 13.8 Å². The number of nitrogens with zero attached hydrogens (tertiary/aromatic N) is 4. The molecule has 0 aliphatic heterocycles. The van der Waals surface area contributed by atoms with Crippen LogP contribution in [0.15, 0.2) is 12.4 Å². The van der Waals surface area contributed by atoms with E-state index in [0.717, 1.165) is 31.5 Å². The van der Waals surface area contributed by atoms with Crippen molar-refractivity contribution < 1.29 is 0 Å². The van der Waals surface area contributed by atoms with E-state index in [1.165, 1.54) is 16.8 Å². The Morgan fingerprint density at radius 2 is 2.10 bits per heavy atom. The Morgan fingerprint density at radius 3 is 2.62 bits per heavy atom. The van der Waals surface area contributed by atoms with E-state index in [1.54, 1.807) is 0 Å². The van der Waals surface area contributed by atoms with Crippen molar-refractivity contribution in [3.05, 3.63) is 34.9 Å². The van der Waals surface area contributed by atoms with Crippen LogP contribution in [0.1, 0.15) is 35.9 Å². The van der Waals surface area contributed by atoms with Crippen LogP contribution < -0.4 is 5.32 Å². The minimum Gasteiger partial charge on any atom is -0.317 e. The quantitative estimate of drug-likeness (QED) is 0.848. The molecule has 1 unspecified atom stereocenters. The van der Waals surface area contributed by atoms with E-state index in [9.17, 15) is 0 Å². The molecule has 1 N–H and O–H groups in total. The van der Waals surface area contributed by atoms with Gasteiger partial charge in [0, 0.05) is 31.5 Å². The summed E-state index contributed by atoms with van der Waals surface area (Å²) in [7, 11) is 4.05. The molecule has 2 aromatic heterocycles. The summed E-state index contributed by atoms with van der Waals surface area (Å²) in [4.78, 5) is 0. The van der Waals surface area contributed by atoms with E-state index in [1.807, 2.05) is 29.7 Å². The molecule has 0 aliphatic carbocycles. The third-order valence-electron chi connectivity index (χ3n) is 4.30. The Morgan fingerprint density at radius 1 is 1.33 bits per heavy atom. The molecule has 21 heavy (non-hydrogen) atoms. The molecule has 0 radical (unpaired) electrons. The minimum atomic E-state index is 0.471. The Labute approximate surface area is 127 Å². The zero-order chi connectivity index (χ0) is 15.4. The van der Waals surface area contributed by atoms with Gasteiger partial charge in [-0.25, -0.2) is 0 Å². The second-order valence-electron chi connectivity index (χ2n) is 5.71. The van der Waals surface area contributed by atoms with Crippen LogP contribution in [0.2, 0.25) is 0 Å². The molecular weight excluding hydrogens is 262 g/mol. The van der Waals surface area contributed by atoms with Gasteiger partial charge in [0.25, 0.3) is 0 Å². The van der Waals surface area contributed by atoms with Gasteiger partial charge in [-0.3, -0.25) is 9.36 Å². The lowest BCUT2D eigenvalue weighted by Gasteiger charge is -2.15. The topological polar surface area (TPSA) is 47.7 Å². The van der Waals surface area contributed by atoms with Crippen LogP contribution in [-0.2, 0) is 26.4 Å². The van der Waals surface area contributed by atoms with Gasteiger partial charge in [-0.2, -0.15) is 10.2 Å². The molecule has 1 atom stereocenters. The van der Waals surface area contributed by atoms with Crippen LogP contribution in [0.4, 0.5) is 0 Å². The summed E-state index contributed by atoms with van der Waals surface area (Å²) in [6, 6.07) is 0.471. The van der Waals surface area contributed by atoms with Crippen molar-refractivity contribution in [1.29, 1.82) is 0 Å². The number of aryl methyl sites for hydroxylation is 3. The molecule has 0 saturated heterocycles. The summed E-state index contributed by atoms with van der Waals surface area (Å²) in [5.74, 6) is 0. The Hall–Kier alpha value is -1.62. The van der Waals surface area contributed by atoms with Crippen LogP contribution in [0.5, 0.6) is 0 Å². The number of hydrogen-bond acceptors (Lipinski definition) is 3. The highest BCUT2D eigenvalue weighted by Crippen LogP contribution is 2.16. The lowest BCUT2D eigenvalue weighted by atomic mass is 10.00. The maximum Gasteiger partial charge on any atom is 0.0628 e. The van der Waals surface area contributed by atoms with Crippen molar-refractivity contribution in [2.45, 2.75) is 52.6 Å². The first kappa shape index (κ1) is 15.8. The van der Waals surface area contributed by atoms with Gasteiger partial charge in [0.1, 0.15) is 0 Å². The van der Waals surface area contributed by atoms with E-state index in [0.29, 0.717) is 6.04 Å². The Kier molecular flexibility index (Phi) is 5.17. The summed E-state index contributed by atoms with van der Waals surface area (Å²) >= 11 is 0. The molecule has 2 aromatic rings. The van der Waals surface area contributed by atoms with Crippen molar-refractivity contribution >= 4 is 0 Å². The lowest BCUT2D eigenvalue weighted by Crippen LogP contribution is -2.28. The molecule has 0 spiro atoms. The van der Waals surface area contributed by atoms with E-state index in [2.05, 4.69) is 42.5 Å². The van der Waals surface area contributed by atoms with Gasteiger partial charge < -0.3 is 5.32 Å². The largest absolute Gasteiger partial charge is 0.317 e. The van der Waals surface area contributed by atoms with E-state index in [-0.39, 0.29) is 0 Å². The molecule has 0 fully saturated rings.